The van der Waals surface area contributed by atoms with Gasteiger partial charge in [0.1, 0.15) is 6.17 Å². The van der Waals surface area contributed by atoms with E-state index in [-0.39, 0.29) is 0 Å². The van der Waals surface area contributed by atoms with Crippen molar-refractivity contribution >= 4 is 15.9 Å². The van der Waals surface area contributed by atoms with Crippen LogP contribution in [0.2, 0.25) is 0 Å². The summed E-state index contributed by atoms with van der Waals surface area (Å²) in [6.45, 7) is 2.30. The molecule has 2 aliphatic rings. The van der Waals surface area contributed by atoms with Gasteiger partial charge in [0.2, 0.25) is 0 Å². The molecule has 70 valence electrons. The first kappa shape index (κ1) is 8.98. The van der Waals surface area contributed by atoms with Crippen LogP contribution in [0.5, 0.6) is 0 Å². The zero-order valence-electron chi connectivity index (χ0n) is 7.47. The zero-order valence-corrected chi connectivity index (χ0v) is 9.06. The maximum Gasteiger partial charge on any atom is 0.101 e. The minimum Gasteiger partial charge on any atom is -0.247 e. The fourth-order valence-corrected chi connectivity index (χ4v) is 4.06. The summed E-state index contributed by atoms with van der Waals surface area (Å²) >= 11 is 3.62. The van der Waals surface area contributed by atoms with Crippen LogP contribution in [0.25, 0.3) is 0 Å². The summed E-state index contributed by atoms with van der Waals surface area (Å²) in [5.74, 6) is 2.27. The van der Waals surface area contributed by atoms with E-state index in [0.29, 0.717) is 10.7 Å². The topological polar surface area (TPSA) is 0 Å². The first-order chi connectivity index (χ1) is 5.66. The van der Waals surface area contributed by atoms with Crippen LogP contribution in [0.15, 0.2) is 0 Å². The summed E-state index contributed by atoms with van der Waals surface area (Å²) in [5, 5.41) is 0. The Balaban J connectivity index is 2.05. The van der Waals surface area contributed by atoms with Crippen molar-refractivity contribution < 1.29 is 4.39 Å². The van der Waals surface area contributed by atoms with Gasteiger partial charge in [-0.05, 0) is 43.4 Å². The predicted molar refractivity (Wildman–Crippen MR) is 52.2 cm³/mol. The van der Waals surface area contributed by atoms with E-state index in [1.807, 2.05) is 0 Å². The Bertz CT molecular complexity index is 171. The molecule has 0 nitrogen and oxygen atoms in total. The number of halogens is 2. The molecule has 0 bridgehead atoms. The van der Waals surface area contributed by atoms with Crippen LogP contribution in [0.3, 0.4) is 0 Å². The van der Waals surface area contributed by atoms with E-state index in [9.17, 15) is 4.39 Å². The summed E-state index contributed by atoms with van der Waals surface area (Å²) in [6.07, 6.45) is 3.60. The molecule has 12 heavy (non-hydrogen) atoms. The summed E-state index contributed by atoms with van der Waals surface area (Å²) in [7, 11) is 0. The maximum absolute atomic E-state index is 13.2. The van der Waals surface area contributed by atoms with Gasteiger partial charge in [0, 0.05) is 4.83 Å². The molecule has 0 heterocycles. The van der Waals surface area contributed by atoms with Gasteiger partial charge in [-0.15, -0.1) is 0 Å². The second-order valence-corrected chi connectivity index (χ2v) is 5.76. The Morgan fingerprint density at radius 2 is 1.92 bits per heavy atom. The van der Waals surface area contributed by atoms with Crippen molar-refractivity contribution in [3.63, 3.8) is 0 Å². The maximum atomic E-state index is 13.2. The van der Waals surface area contributed by atoms with Crippen LogP contribution in [0, 0.1) is 17.8 Å². The molecule has 5 unspecified atom stereocenters. The lowest BCUT2D eigenvalue weighted by Crippen LogP contribution is -2.30. The van der Waals surface area contributed by atoms with E-state index in [1.54, 1.807) is 0 Å². The molecule has 0 saturated heterocycles. The summed E-state index contributed by atoms with van der Waals surface area (Å²) in [5.41, 5.74) is 0. The molecule has 0 aromatic heterocycles. The number of fused-ring (bicyclic) bond motifs is 1. The normalized spacial score (nSPS) is 53.8. The van der Waals surface area contributed by atoms with Crippen molar-refractivity contribution in [2.45, 2.75) is 43.6 Å². The highest BCUT2D eigenvalue weighted by Crippen LogP contribution is 2.48. The molecular formula is C10H16BrF. The lowest BCUT2D eigenvalue weighted by Gasteiger charge is -2.32. The van der Waals surface area contributed by atoms with Gasteiger partial charge in [0.05, 0.1) is 0 Å². The molecule has 0 spiro atoms. The van der Waals surface area contributed by atoms with Crippen molar-refractivity contribution in [2.24, 2.45) is 17.8 Å². The van der Waals surface area contributed by atoms with Crippen LogP contribution in [-0.2, 0) is 0 Å². The highest BCUT2D eigenvalue weighted by Gasteiger charge is 2.41. The molecule has 0 aliphatic heterocycles. The van der Waals surface area contributed by atoms with Gasteiger partial charge < -0.3 is 0 Å². The molecule has 0 aromatic rings. The van der Waals surface area contributed by atoms with Crippen molar-refractivity contribution in [3.05, 3.63) is 0 Å². The Labute approximate surface area is 82.0 Å². The Kier molecular flexibility index (Phi) is 2.46. The van der Waals surface area contributed by atoms with Crippen molar-refractivity contribution in [2.75, 3.05) is 0 Å². The zero-order chi connectivity index (χ0) is 8.72. The minimum absolute atomic E-state index is 0.455. The molecule has 2 heteroatoms. The Morgan fingerprint density at radius 1 is 1.17 bits per heavy atom. The molecule has 0 aromatic carbocycles. The van der Waals surface area contributed by atoms with Crippen molar-refractivity contribution in [1.82, 2.24) is 0 Å². The molecule has 0 N–H and O–H groups in total. The quantitative estimate of drug-likeness (QED) is 0.563. The molecule has 2 saturated carbocycles. The third-order valence-corrected chi connectivity index (χ3v) is 4.54. The first-order valence-electron chi connectivity index (χ1n) is 4.95. The third-order valence-electron chi connectivity index (χ3n) is 3.49. The molecule has 2 rings (SSSR count). The first-order valence-corrected chi connectivity index (χ1v) is 5.86. The fourth-order valence-electron chi connectivity index (χ4n) is 3.00. The number of hydrogen-bond donors (Lipinski definition) is 0. The van der Waals surface area contributed by atoms with Gasteiger partial charge in [0.15, 0.2) is 0 Å². The van der Waals surface area contributed by atoms with E-state index >= 15 is 0 Å². The molecular weight excluding hydrogens is 219 g/mol. The van der Waals surface area contributed by atoms with Gasteiger partial charge in [-0.25, -0.2) is 4.39 Å². The third kappa shape index (κ3) is 1.55. The highest BCUT2D eigenvalue weighted by atomic mass is 79.9. The fraction of sp³-hybridized carbons (Fsp3) is 1.00. The average Bonchev–Trinajstić information content (AvgIpc) is 2.29. The molecule has 2 fully saturated rings. The second kappa shape index (κ2) is 3.28. The lowest BCUT2D eigenvalue weighted by molar-refractivity contribution is 0.169. The highest BCUT2D eigenvalue weighted by molar-refractivity contribution is 9.09. The van der Waals surface area contributed by atoms with E-state index < -0.39 is 6.17 Å². The van der Waals surface area contributed by atoms with Crippen molar-refractivity contribution in [3.8, 4) is 0 Å². The largest absolute Gasteiger partial charge is 0.247 e. The SMILES string of the molecule is CC1CC2CC(F)CC(Br)C2C1. The summed E-state index contributed by atoms with van der Waals surface area (Å²) in [6, 6.07) is 0. The molecule has 5 atom stereocenters. The number of rotatable bonds is 0. The van der Waals surface area contributed by atoms with Crippen molar-refractivity contribution in [1.29, 1.82) is 0 Å². The van der Waals surface area contributed by atoms with Gasteiger partial charge in [-0.3, -0.25) is 0 Å². The monoisotopic (exact) mass is 234 g/mol. The molecule has 2 aliphatic carbocycles. The summed E-state index contributed by atoms with van der Waals surface area (Å²) < 4.78 is 13.2. The van der Waals surface area contributed by atoms with E-state index in [2.05, 4.69) is 22.9 Å². The van der Waals surface area contributed by atoms with Crippen LogP contribution >= 0.6 is 15.9 Å². The van der Waals surface area contributed by atoms with Crippen LogP contribution in [-0.4, -0.2) is 11.0 Å². The van der Waals surface area contributed by atoms with E-state index in [0.717, 1.165) is 24.7 Å². The van der Waals surface area contributed by atoms with Crippen LogP contribution in [0.4, 0.5) is 4.39 Å². The molecule has 0 amide bonds. The average molecular weight is 235 g/mol. The lowest BCUT2D eigenvalue weighted by atomic mass is 9.81. The van der Waals surface area contributed by atoms with Gasteiger partial charge in [-0.2, -0.15) is 0 Å². The van der Waals surface area contributed by atoms with Crippen LogP contribution < -0.4 is 0 Å². The van der Waals surface area contributed by atoms with E-state index in [4.69, 9.17) is 0 Å². The van der Waals surface area contributed by atoms with E-state index in [1.165, 1.54) is 12.8 Å². The van der Waals surface area contributed by atoms with Gasteiger partial charge in [0.25, 0.3) is 0 Å². The number of alkyl halides is 2. The predicted octanol–water partition coefficient (Wildman–Crippen LogP) is 3.54. The number of hydrogen-bond acceptors (Lipinski definition) is 0. The van der Waals surface area contributed by atoms with Gasteiger partial charge >= 0.3 is 0 Å². The Morgan fingerprint density at radius 3 is 2.67 bits per heavy atom. The second-order valence-electron chi connectivity index (χ2n) is 4.59. The summed E-state index contributed by atoms with van der Waals surface area (Å²) in [4.78, 5) is 0.455. The molecule has 0 radical (unpaired) electrons. The Hall–Kier alpha value is 0.410. The van der Waals surface area contributed by atoms with Crippen LogP contribution in [0.1, 0.15) is 32.6 Å². The standard InChI is InChI=1S/C10H16BrF/c1-6-2-7-4-8(12)5-10(11)9(7)3-6/h6-10H,2-5H2,1H3. The van der Waals surface area contributed by atoms with Gasteiger partial charge in [-0.1, -0.05) is 22.9 Å². The minimum atomic E-state index is -0.541. The smallest absolute Gasteiger partial charge is 0.101 e.